The van der Waals surface area contributed by atoms with Crippen LogP contribution in [0.2, 0.25) is 0 Å². The molecule has 0 unspecified atom stereocenters. The molecule has 1 rings (SSSR count). The maximum absolute atomic E-state index is 11.7. The van der Waals surface area contributed by atoms with Crippen molar-refractivity contribution in [3.8, 4) is 0 Å². The molecule has 0 atom stereocenters. The van der Waals surface area contributed by atoms with Crippen LogP contribution < -0.4 is 10.6 Å². The maximum Gasteiger partial charge on any atom is 0.241 e. The topological polar surface area (TPSA) is 75.4 Å². The molecule has 0 aliphatic carbocycles. The van der Waals surface area contributed by atoms with E-state index in [1.54, 1.807) is 23.9 Å². The highest BCUT2D eigenvalue weighted by Gasteiger charge is 2.16. The van der Waals surface area contributed by atoms with Gasteiger partial charge < -0.3 is 15.5 Å². The van der Waals surface area contributed by atoms with Crippen molar-refractivity contribution in [2.75, 3.05) is 32.6 Å². The van der Waals surface area contributed by atoms with Crippen molar-refractivity contribution in [2.24, 2.45) is 5.73 Å². The number of carbonyl (C=O) groups excluding carboxylic acids is 1. The molecule has 1 heterocycles. The van der Waals surface area contributed by atoms with Gasteiger partial charge in [0.2, 0.25) is 5.91 Å². The van der Waals surface area contributed by atoms with Crippen LogP contribution in [0.15, 0.2) is 0 Å². The lowest BCUT2D eigenvalue weighted by atomic mass is 10.1. The highest BCUT2D eigenvalue weighted by atomic mass is 16.2. The minimum Gasteiger partial charge on any atom is -0.349 e. The van der Waals surface area contributed by atoms with Gasteiger partial charge >= 0.3 is 0 Å². The van der Waals surface area contributed by atoms with Crippen molar-refractivity contribution in [3.05, 3.63) is 16.8 Å². The molecule has 0 bridgehead atoms. The number of carbonyl (C=O) groups is 1. The van der Waals surface area contributed by atoms with Crippen molar-refractivity contribution in [1.29, 1.82) is 0 Å². The summed E-state index contributed by atoms with van der Waals surface area (Å²) < 4.78 is 0. The van der Waals surface area contributed by atoms with Crippen LogP contribution in [0.25, 0.3) is 0 Å². The molecule has 6 nitrogen and oxygen atoms in total. The van der Waals surface area contributed by atoms with Gasteiger partial charge in [-0.1, -0.05) is 0 Å². The number of nitrogens with zero attached hydrogens (tertiary/aromatic N) is 4. The van der Waals surface area contributed by atoms with E-state index in [9.17, 15) is 4.79 Å². The van der Waals surface area contributed by atoms with Crippen LogP contribution in [0.3, 0.4) is 0 Å². The summed E-state index contributed by atoms with van der Waals surface area (Å²) in [6.07, 6.45) is 0. The number of hydrogen-bond donors (Lipinski definition) is 1. The number of aromatic nitrogens is 2. The molecular weight excluding hydrogens is 230 g/mol. The number of amides is 1. The molecule has 1 aromatic rings. The summed E-state index contributed by atoms with van der Waals surface area (Å²) in [5, 5.41) is 8.24. The zero-order valence-corrected chi connectivity index (χ0v) is 11.7. The standard InChI is InChI=1S/C12H21N5O/c1-8-9(2)14-15-12(10(8)6-13)17(5)7-11(18)16(3)4/h6-7,13H2,1-5H3. The van der Waals surface area contributed by atoms with Gasteiger partial charge in [0.05, 0.1) is 12.2 Å². The highest BCUT2D eigenvalue weighted by molar-refractivity contribution is 5.80. The van der Waals surface area contributed by atoms with E-state index in [-0.39, 0.29) is 12.5 Å². The summed E-state index contributed by atoms with van der Waals surface area (Å²) in [6.45, 7) is 4.52. The Bertz CT molecular complexity index is 444. The number of likely N-dealkylation sites (N-methyl/N-ethyl adjacent to an activating group) is 2. The Morgan fingerprint density at radius 3 is 2.33 bits per heavy atom. The molecule has 2 N–H and O–H groups in total. The monoisotopic (exact) mass is 251 g/mol. The number of hydrogen-bond acceptors (Lipinski definition) is 5. The van der Waals surface area contributed by atoms with Gasteiger partial charge in [0, 0.05) is 33.3 Å². The van der Waals surface area contributed by atoms with E-state index in [1.807, 2.05) is 20.9 Å². The van der Waals surface area contributed by atoms with Gasteiger partial charge in [0.1, 0.15) is 0 Å². The van der Waals surface area contributed by atoms with Gasteiger partial charge in [-0.25, -0.2) is 0 Å². The summed E-state index contributed by atoms with van der Waals surface area (Å²) in [7, 11) is 5.28. The average molecular weight is 251 g/mol. The van der Waals surface area contributed by atoms with Gasteiger partial charge in [-0.3, -0.25) is 4.79 Å². The fraction of sp³-hybridized carbons (Fsp3) is 0.583. The lowest BCUT2D eigenvalue weighted by molar-refractivity contribution is -0.127. The summed E-state index contributed by atoms with van der Waals surface area (Å²) in [5.74, 6) is 0.691. The van der Waals surface area contributed by atoms with Crippen molar-refractivity contribution < 1.29 is 4.79 Å². The summed E-state index contributed by atoms with van der Waals surface area (Å²) in [4.78, 5) is 15.0. The molecule has 0 radical (unpaired) electrons. The number of nitrogens with two attached hydrogens (primary N) is 1. The first-order chi connectivity index (χ1) is 8.38. The number of aryl methyl sites for hydroxylation is 1. The van der Waals surface area contributed by atoms with Crippen molar-refractivity contribution in [2.45, 2.75) is 20.4 Å². The molecule has 0 fully saturated rings. The molecular formula is C12H21N5O. The second-order valence-electron chi connectivity index (χ2n) is 4.56. The van der Waals surface area contributed by atoms with E-state index in [4.69, 9.17) is 5.73 Å². The molecule has 1 aromatic heterocycles. The third kappa shape index (κ3) is 2.95. The summed E-state index contributed by atoms with van der Waals surface area (Å²) in [5.41, 5.74) is 8.60. The second kappa shape index (κ2) is 5.77. The lowest BCUT2D eigenvalue weighted by Crippen LogP contribution is -2.35. The van der Waals surface area contributed by atoms with Crippen LogP contribution in [0, 0.1) is 13.8 Å². The largest absolute Gasteiger partial charge is 0.349 e. The van der Waals surface area contributed by atoms with Crippen LogP contribution in [0.5, 0.6) is 0 Å². The Labute approximate surface area is 108 Å². The van der Waals surface area contributed by atoms with E-state index in [2.05, 4.69) is 10.2 Å². The Hall–Kier alpha value is -1.69. The van der Waals surface area contributed by atoms with Gasteiger partial charge in [-0.2, -0.15) is 5.10 Å². The normalized spacial score (nSPS) is 10.3. The lowest BCUT2D eigenvalue weighted by Gasteiger charge is -2.22. The first kappa shape index (κ1) is 14.4. The van der Waals surface area contributed by atoms with Crippen LogP contribution >= 0.6 is 0 Å². The van der Waals surface area contributed by atoms with Crippen LogP contribution in [0.4, 0.5) is 5.82 Å². The third-order valence-electron chi connectivity index (χ3n) is 3.00. The fourth-order valence-electron chi connectivity index (χ4n) is 1.61. The SMILES string of the molecule is Cc1nnc(N(C)CC(=O)N(C)C)c(CN)c1C. The van der Waals surface area contributed by atoms with E-state index in [0.29, 0.717) is 12.4 Å². The Kier molecular flexibility index (Phi) is 4.61. The fourth-order valence-corrected chi connectivity index (χ4v) is 1.61. The van der Waals surface area contributed by atoms with Gasteiger partial charge in [0.25, 0.3) is 0 Å². The van der Waals surface area contributed by atoms with Gasteiger partial charge in [0.15, 0.2) is 5.82 Å². The summed E-state index contributed by atoms with van der Waals surface area (Å²) in [6, 6.07) is 0. The van der Waals surface area contributed by atoms with Gasteiger partial charge in [-0.15, -0.1) is 5.10 Å². The van der Waals surface area contributed by atoms with Crippen LogP contribution in [0.1, 0.15) is 16.8 Å². The molecule has 0 aromatic carbocycles. The van der Waals surface area contributed by atoms with Gasteiger partial charge in [-0.05, 0) is 19.4 Å². The van der Waals surface area contributed by atoms with Crippen LogP contribution in [-0.4, -0.2) is 48.7 Å². The zero-order valence-electron chi connectivity index (χ0n) is 11.7. The molecule has 0 saturated carbocycles. The molecule has 18 heavy (non-hydrogen) atoms. The molecule has 0 saturated heterocycles. The minimum atomic E-state index is 0.0144. The first-order valence-electron chi connectivity index (χ1n) is 5.82. The maximum atomic E-state index is 11.7. The van der Waals surface area contributed by atoms with Crippen molar-refractivity contribution in [1.82, 2.24) is 15.1 Å². The quantitative estimate of drug-likeness (QED) is 0.820. The molecule has 6 heteroatoms. The summed E-state index contributed by atoms with van der Waals surface area (Å²) >= 11 is 0. The van der Waals surface area contributed by atoms with E-state index in [0.717, 1.165) is 16.8 Å². The second-order valence-corrected chi connectivity index (χ2v) is 4.56. The smallest absolute Gasteiger partial charge is 0.241 e. The van der Waals surface area contributed by atoms with E-state index < -0.39 is 0 Å². The van der Waals surface area contributed by atoms with Crippen LogP contribution in [-0.2, 0) is 11.3 Å². The van der Waals surface area contributed by atoms with Crippen molar-refractivity contribution >= 4 is 11.7 Å². The molecule has 0 aliphatic heterocycles. The molecule has 1 amide bonds. The average Bonchev–Trinajstić information content (AvgIpc) is 2.31. The Balaban J connectivity index is 3.02. The predicted molar refractivity (Wildman–Crippen MR) is 71.4 cm³/mol. The zero-order chi connectivity index (χ0) is 13.9. The highest BCUT2D eigenvalue weighted by Crippen LogP contribution is 2.20. The minimum absolute atomic E-state index is 0.0144. The predicted octanol–water partition coefficient (Wildman–Crippen LogP) is 0.0765. The van der Waals surface area contributed by atoms with E-state index >= 15 is 0 Å². The molecule has 100 valence electrons. The molecule has 0 aliphatic rings. The Morgan fingerprint density at radius 2 is 1.83 bits per heavy atom. The van der Waals surface area contributed by atoms with Crippen molar-refractivity contribution in [3.63, 3.8) is 0 Å². The third-order valence-corrected chi connectivity index (χ3v) is 3.00. The van der Waals surface area contributed by atoms with E-state index in [1.165, 1.54) is 0 Å². The number of anilines is 1. The molecule has 0 spiro atoms. The number of rotatable bonds is 4. The Morgan fingerprint density at radius 1 is 1.22 bits per heavy atom. The first-order valence-corrected chi connectivity index (χ1v) is 5.82.